The summed E-state index contributed by atoms with van der Waals surface area (Å²) in [5.74, 6) is 3.03. The predicted octanol–water partition coefficient (Wildman–Crippen LogP) is 6.06. The third-order valence-corrected chi connectivity index (χ3v) is 5.65. The number of rotatable bonds is 6. The van der Waals surface area contributed by atoms with E-state index in [1.54, 1.807) is 23.1 Å². The van der Waals surface area contributed by atoms with E-state index in [0.717, 1.165) is 23.1 Å². The zero-order valence-corrected chi connectivity index (χ0v) is 17.7. The monoisotopic (exact) mass is 434 g/mol. The Hall–Kier alpha value is -3.32. The van der Waals surface area contributed by atoms with Crippen LogP contribution in [0.15, 0.2) is 61.1 Å². The van der Waals surface area contributed by atoms with Crippen molar-refractivity contribution in [3.8, 4) is 11.5 Å². The molecule has 0 atom stereocenters. The number of halogens is 1. The largest absolute Gasteiger partial charge is 0.456 e. The van der Waals surface area contributed by atoms with Crippen LogP contribution in [-0.2, 0) is 0 Å². The molecular formula is C23H23ClN6O. The molecule has 0 saturated heterocycles. The first-order valence-electron chi connectivity index (χ1n) is 10.5. The number of nitrogens with zero attached hydrogens (tertiary/aromatic N) is 4. The molecule has 0 unspecified atom stereocenters. The number of anilines is 3. The lowest BCUT2D eigenvalue weighted by atomic mass is 9.95. The van der Waals surface area contributed by atoms with Crippen molar-refractivity contribution in [1.82, 2.24) is 19.6 Å². The highest BCUT2D eigenvalue weighted by atomic mass is 35.5. The molecule has 1 aromatic carbocycles. The Labute approximate surface area is 185 Å². The maximum atomic E-state index is 6.34. The Kier molecular flexibility index (Phi) is 5.58. The Morgan fingerprint density at radius 3 is 2.61 bits per heavy atom. The van der Waals surface area contributed by atoms with Crippen LogP contribution in [0.3, 0.4) is 0 Å². The predicted molar refractivity (Wildman–Crippen MR) is 123 cm³/mol. The minimum atomic E-state index is 0.446. The van der Waals surface area contributed by atoms with Crippen molar-refractivity contribution in [1.29, 1.82) is 0 Å². The van der Waals surface area contributed by atoms with Crippen LogP contribution in [0.5, 0.6) is 11.5 Å². The fourth-order valence-corrected chi connectivity index (χ4v) is 4.02. The summed E-state index contributed by atoms with van der Waals surface area (Å²) in [5.41, 5.74) is 1.53. The molecule has 5 rings (SSSR count). The van der Waals surface area contributed by atoms with Crippen LogP contribution in [0.25, 0.3) is 5.65 Å². The minimum Gasteiger partial charge on any atom is -0.456 e. The second-order valence-corrected chi connectivity index (χ2v) is 8.08. The average molecular weight is 435 g/mol. The van der Waals surface area contributed by atoms with Gasteiger partial charge in [-0.05, 0) is 49.2 Å². The van der Waals surface area contributed by atoms with Gasteiger partial charge >= 0.3 is 0 Å². The van der Waals surface area contributed by atoms with Gasteiger partial charge in [0.2, 0.25) is 0 Å². The van der Waals surface area contributed by atoms with Crippen LogP contribution in [0, 0.1) is 0 Å². The Morgan fingerprint density at radius 2 is 1.84 bits per heavy atom. The van der Waals surface area contributed by atoms with Crippen LogP contribution in [0.4, 0.5) is 17.3 Å². The molecule has 158 valence electrons. The zero-order valence-electron chi connectivity index (χ0n) is 17.0. The standard InChI is InChI=1S/C23H23ClN6O/c24-20-15-26-30-22(13-21(29-23(20)30)27-16-5-2-1-3-6-16)28-17-8-10-18(11-9-17)31-19-7-4-12-25-14-19/h4,7-16,28H,1-3,5-6H2,(H,27,29). The first-order valence-corrected chi connectivity index (χ1v) is 10.9. The van der Waals surface area contributed by atoms with E-state index in [-0.39, 0.29) is 0 Å². The van der Waals surface area contributed by atoms with E-state index >= 15 is 0 Å². The van der Waals surface area contributed by atoms with Crippen LogP contribution in [0.1, 0.15) is 32.1 Å². The van der Waals surface area contributed by atoms with Crippen molar-refractivity contribution < 1.29 is 4.74 Å². The Morgan fingerprint density at radius 1 is 1.00 bits per heavy atom. The summed E-state index contributed by atoms with van der Waals surface area (Å²) < 4.78 is 7.53. The van der Waals surface area contributed by atoms with E-state index in [9.17, 15) is 0 Å². The van der Waals surface area contributed by atoms with E-state index in [1.807, 2.05) is 42.5 Å². The van der Waals surface area contributed by atoms with E-state index in [1.165, 1.54) is 32.1 Å². The van der Waals surface area contributed by atoms with Crippen molar-refractivity contribution in [2.24, 2.45) is 0 Å². The van der Waals surface area contributed by atoms with Gasteiger partial charge in [-0.15, -0.1) is 0 Å². The van der Waals surface area contributed by atoms with Crippen LogP contribution in [0.2, 0.25) is 5.02 Å². The van der Waals surface area contributed by atoms with Crippen LogP contribution >= 0.6 is 11.6 Å². The molecule has 1 aliphatic rings. The summed E-state index contributed by atoms with van der Waals surface area (Å²) in [7, 11) is 0. The van der Waals surface area contributed by atoms with Gasteiger partial charge in [-0.3, -0.25) is 4.98 Å². The first-order chi connectivity index (χ1) is 15.2. The van der Waals surface area contributed by atoms with Gasteiger partial charge in [-0.2, -0.15) is 9.61 Å². The molecule has 0 aliphatic heterocycles. The van der Waals surface area contributed by atoms with E-state index < -0.39 is 0 Å². The van der Waals surface area contributed by atoms with Gasteiger partial charge in [-0.1, -0.05) is 30.9 Å². The van der Waals surface area contributed by atoms with E-state index in [0.29, 0.717) is 22.5 Å². The number of pyridine rings is 1. The second-order valence-electron chi connectivity index (χ2n) is 7.67. The second kappa shape index (κ2) is 8.81. The molecule has 3 heterocycles. The molecule has 31 heavy (non-hydrogen) atoms. The van der Waals surface area contributed by atoms with Gasteiger partial charge in [-0.25, -0.2) is 4.98 Å². The topological polar surface area (TPSA) is 76.4 Å². The molecule has 1 aliphatic carbocycles. The number of hydrogen-bond donors (Lipinski definition) is 2. The summed E-state index contributed by atoms with van der Waals surface area (Å²) in [6.45, 7) is 0. The molecule has 4 aromatic rings. The molecule has 0 amide bonds. The molecule has 1 fully saturated rings. The number of benzene rings is 1. The molecule has 2 N–H and O–H groups in total. The highest BCUT2D eigenvalue weighted by Gasteiger charge is 2.16. The van der Waals surface area contributed by atoms with Crippen molar-refractivity contribution in [3.63, 3.8) is 0 Å². The van der Waals surface area contributed by atoms with Crippen molar-refractivity contribution in [3.05, 3.63) is 66.1 Å². The van der Waals surface area contributed by atoms with Gasteiger partial charge < -0.3 is 15.4 Å². The summed E-state index contributed by atoms with van der Waals surface area (Å²) in [6.07, 6.45) is 11.2. The van der Waals surface area contributed by atoms with Gasteiger partial charge in [0.25, 0.3) is 0 Å². The van der Waals surface area contributed by atoms with Crippen molar-refractivity contribution in [2.75, 3.05) is 10.6 Å². The van der Waals surface area contributed by atoms with Crippen molar-refractivity contribution >= 4 is 34.6 Å². The maximum absolute atomic E-state index is 6.34. The molecule has 0 radical (unpaired) electrons. The lowest BCUT2D eigenvalue weighted by Gasteiger charge is -2.23. The number of fused-ring (bicyclic) bond motifs is 1. The number of hydrogen-bond acceptors (Lipinski definition) is 6. The number of aromatic nitrogens is 4. The van der Waals surface area contributed by atoms with Gasteiger partial charge in [0.05, 0.1) is 12.4 Å². The van der Waals surface area contributed by atoms with Crippen molar-refractivity contribution in [2.45, 2.75) is 38.1 Å². The summed E-state index contributed by atoms with van der Waals surface area (Å²) in [5, 5.41) is 11.9. The SMILES string of the molecule is Clc1cnn2c(Nc3ccc(Oc4cccnc4)cc3)cc(NC3CCCCC3)nc12. The normalized spacial score (nSPS) is 14.5. The number of ether oxygens (including phenoxy) is 1. The third kappa shape index (κ3) is 4.56. The highest BCUT2D eigenvalue weighted by Crippen LogP contribution is 2.28. The fourth-order valence-electron chi connectivity index (χ4n) is 3.85. The fraction of sp³-hybridized carbons (Fsp3) is 0.261. The van der Waals surface area contributed by atoms with Gasteiger partial charge in [0, 0.05) is 24.0 Å². The lowest BCUT2D eigenvalue weighted by molar-refractivity contribution is 0.462. The minimum absolute atomic E-state index is 0.446. The Balaban J connectivity index is 1.37. The van der Waals surface area contributed by atoms with Crippen LogP contribution in [-0.4, -0.2) is 25.6 Å². The van der Waals surface area contributed by atoms with E-state index in [2.05, 4.69) is 25.7 Å². The molecule has 8 heteroatoms. The molecule has 0 bridgehead atoms. The van der Waals surface area contributed by atoms with Gasteiger partial charge in [0.15, 0.2) is 5.65 Å². The first kappa shape index (κ1) is 19.6. The summed E-state index contributed by atoms with van der Waals surface area (Å²) >= 11 is 6.34. The average Bonchev–Trinajstić information content (AvgIpc) is 3.17. The summed E-state index contributed by atoms with van der Waals surface area (Å²) in [6, 6.07) is 13.9. The van der Waals surface area contributed by atoms with Gasteiger partial charge in [0.1, 0.15) is 28.2 Å². The molecule has 3 aromatic heterocycles. The third-order valence-electron chi connectivity index (χ3n) is 5.38. The number of nitrogens with one attached hydrogen (secondary N) is 2. The smallest absolute Gasteiger partial charge is 0.178 e. The molecular weight excluding hydrogens is 412 g/mol. The highest BCUT2D eigenvalue weighted by molar-refractivity contribution is 6.33. The molecule has 1 saturated carbocycles. The van der Waals surface area contributed by atoms with E-state index in [4.69, 9.17) is 16.3 Å². The Bertz CT molecular complexity index is 1160. The quantitative estimate of drug-likeness (QED) is 0.384. The molecule has 7 nitrogen and oxygen atoms in total. The van der Waals surface area contributed by atoms with Crippen LogP contribution < -0.4 is 15.4 Å². The summed E-state index contributed by atoms with van der Waals surface area (Å²) in [4.78, 5) is 8.75. The zero-order chi connectivity index (χ0) is 21.0. The lowest BCUT2D eigenvalue weighted by Crippen LogP contribution is -2.23. The molecule has 0 spiro atoms. The maximum Gasteiger partial charge on any atom is 0.178 e.